The van der Waals surface area contributed by atoms with Gasteiger partial charge in [0.25, 0.3) is 0 Å². The summed E-state index contributed by atoms with van der Waals surface area (Å²) >= 11 is 0. The maximum Gasteiger partial charge on any atom is 0.342 e. The highest BCUT2D eigenvalue weighted by Gasteiger charge is 2.32. The quantitative estimate of drug-likeness (QED) is 0.618. The van der Waals surface area contributed by atoms with E-state index in [-0.39, 0.29) is 4.90 Å². The first-order valence-corrected chi connectivity index (χ1v) is 5.60. The van der Waals surface area contributed by atoms with Crippen molar-refractivity contribution >= 4 is 21.7 Å². The van der Waals surface area contributed by atoms with Gasteiger partial charge in [0.2, 0.25) is 10.0 Å². The number of hydrogen-bond donors (Lipinski definition) is 3. The van der Waals surface area contributed by atoms with Crippen LogP contribution in [0, 0.1) is 0 Å². The first-order chi connectivity index (χ1) is 7.00. The predicted molar refractivity (Wildman–Crippen MR) is 51.8 cm³/mol. The standard InChI is InChI=1S/C8H8N2O4S/c11-8(12)7-9-5-3-1-2-4-6(5)15(13,14)10-7/h1-4,7,9-10H,(H,11,12)/t7-/m0/s1. The Morgan fingerprint density at radius 2 is 2.00 bits per heavy atom. The number of nitrogens with one attached hydrogen (secondary N) is 2. The molecule has 0 fully saturated rings. The molecule has 0 aliphatic carbocycles. The van der Waals surface area contributed by atoms with Gasteiger partial charge in [-0.05, 0) is 12.1 Å². The lowest BCUT2D eigenvalue weighted by Crippen LogP contribution is -2.49. The summed E-state index contributed by atoms with van der Waals surface area (Å²) in [5.41, 5.74) is 0.295. The number of benzene rings is 1. The fourth-order valence-corrected chi connectivity index (χ4v) is 2.61. The molecule has 0 radical (unpaired) electrons. The van der Waals surface area contributed by atoms with Crippen LogP contribution < -0.4 is 10.0 Å². The Balaban J connectivity index is 2.53. The average Bonchev–Trinajstić information content (AvgIpc) is 2.16. The summed E-state index contributed by atoms with van der Waals surface area (Å²) in [5, 5.41) is 11.3. The van der Waals surface area contributed by atoms with Gasteiger partial charge in [-0.1, -0.05) is 12.1 Å². The molecule has 15 heavy (non-hydrogen) atoms. The summed E-state index contributed by atoms with van der Waals surface area (Å²) < 4.78 is 25.2. The fraction of sp³-hybridized carbons (Fsp3) is 0.125. The van der Waals surface area contributed by atoms with E-state index >= 15 is 0 Å². The second-order valence-electron chi connectivity index (χ2n) is 3.03. The molecule has 1 heterocycles. The van der Waals surface area contributed by atoms with Crippen LogP contribution in [-0.4, -0.2) is 25.7 Å². The smallest absolute Gasteiger partial charge is 0.342 e. The number of carboxylic acid groups (broad SMARTS) is 1. The Hall–Kier alpha value is -1.60. The molecule has 6 nitrogen and oxygen atoms in total. The lowest BCUT2D eigenvalue weighted by Gasteiger charge is -2.24. The van der Waals surface area contributed by atoms with Gasteiger partial charge in [-0.2, -0.15) is 4.72 Å². The van der Waals surface area contributed by atoms with Crippen LogP contribution in [0.2, 0.25) is 0 Å². The maximum absolute atomic E-state index is 11.6. The highest BCUT2D eigenvalue weighted by Crippen LogP contribution is 2.24. The van der Waals surface area contributed by atoms with Gasteiger partial charge in [0, 0.05) is 0 Å². The Bertz CT molecular complexity index is 511. The zero-order valence-electron chi connectivity index (χ0n) is 7.47. The summed E-state index contributed by atoms with van der Waals surface area (Å²) in [6.07, 6.45) is -1.31. The van der Waals surface area contributed by atoms with Crippen molar-refractivity contribution < 1.29 is 18.3 Å². The molecule has 3 N–H and O–H groups in total. The largest absolute Gasteiger partial charge is 0.479 e. The van der Waals surface area contributed by atoms with Crippen LogP contribution in [0.1, 0.15) is 0 Å². The zero-order chi connectivity index (χ0) is 11.1. The lowest BCUT2D eigenvalue weighted by atomic mass is 10.3. The maximum atomic E-state index is 11.6. The Morgan fingerprint density at radius 1 is 1.33 bits per heavy atom. The molecule has 0 aromatic heterocycles. The molecule has 1 aromatic carbocycles. The van der Waals surface area contributed by atoms with E-state index in [1.807, 2.05) is 4.72 Å². The number of aliphatic carboxylic acids is 1. The number of rotatable bonds is 1. The number of anilines is 1. The summed E-state index contributed by atoms with van der Waals surface area (Å²) in [6.45, 7) is 0. The van der Waals surface area contributed by atoms with Crippen LogP contribution in [0.4, 0.5) is 5.69 Å². The van der Waals surface area contributed by atoms with E-state index in [9.17, 15) is 13.2 Å². The molecule has 80 valence electrons. The van der Waals surface area contributed by atoms with E-state index in [1.165, 1.54) is 12.1 Å². The first kappa shape index (κ1) is 9.94. The molecule has 0 spiro atoms. The predicted octanol–water partition coefficient (Wildman–Crippen LogP) is -0.199. The van der Waals surface area contributed by atoms with Crippen LogP contribution in [0.5, 0.6) is 0 Å². The molecule has 1 aromatic rings. The third-order valence-electron chi connectivity index (χ3n) is 2.00. The van der Waals surface area contributed by atoms with E-state index in [1.54, 1.807) is 12.1 Å². The van der Waals surface area contributed by atoms with E-state index in [0.29, 0.717) is 5.69 Å². The Labute approximate surface area is 86.0 Å². The summed E-state index contributed by atoms with van der Waals surface area (Å²) in [6, 6.07) is 6.12. The van der Waals surface area contributed by atoms with Gasteiger partial charge in [0.05, 0.1) is 5.69 Å². The SMILES string of the molecule is O=C(O)[C@H]1Nc2ccccc2S(=O)(=O)N1. The molecule has 1 aliphatic rings. The van der Waals surface area contributed by atoms with E-state index < -0.39 is 22.2 Å². The molecule has 0 amide bonds. The minimum absolute atomic E-state index is 0.0579. The van der Waals surface area contributed by atoms with E-state index in [0.717, 1.165) is 0 Å². The minimum atomic E-state index is -3.73. The molecule has 0 saturated carbocycles. The Morgan fingerprint density at radius 3 is 2.67 bits per heavy atom. The molecule has 0 saturated heterocycles. The summed E-state index contributed by atoms with van der Waals surface area (Å²) in [7, 11) is -3.73. The highest BCUT2D eigenvalue weighted by atomic mass is 32.2. The number of para-hydroxylation sites is 1. The van der Waals surface area contributed by atoms with E-state index in [4.69, 9.17) is 5.11 Å². The molecule has 7 heteroatoms. The first-order valence-electron chi connectivity index (χ1n) is 4.11. The second kappa shape index (κ2) is 3.21. The van der Waals surface area contributed by atoms with Crippen molar-refractivity contribution in [3.05, 3.63) is 24.3 Å². The van der Waals surface area contributed by atoms with Gasteiger partial charge < -0.3 is 10.4 Å². The van der Waals surface area contributed by atoms with Gasteiger partial charge in [-0.3, -0.25) is 0 Å². The molecular weight excluding hydrogens is 220 g/mol. The van der Waals surface area contributed by atoms with Gasteiger partial charge in [-0.15, -0.1) is 0 Å². The summed E-state index contributed by atoms with van der Waals surface area (Å²) in [4.78, 5) is 10.7. The van der Waals surface area contributed by atoms with Crippen LogP contribution in [0.25, 0.3) is 0 Å². The third kappa shape index (κ3) is 1.66. The van der Waals surface area contributed by atoms with Gasteiger partial charge in [0.1, 0.15) is 4.90 Å². The zero-order valence-corrected chi connectivity index (χ0v) is 8.28. The Kier molecular flexibility index (Phi) is 2.13. The number of carbonyl (C=O) groups is 1. The van der Waals surface area contributed by atoms with E-state index in [2.05, 4.69) is 5.32 Å². The fourth-order valence-electron chi connectivity index (χ4n) is 1.34. The topological polar surface area (TPSA) is 95.5 Å². The van der Waals surface area contributed by atoms with Crippen molar-refractivity contribution in [1.29, 1.82) is 0 Å². The van der Waals surface area contributed by atoms with Crippen LogP contribution >= 0.6 is 0 Å². The lowest BCUT2D eigenvalue weighted by molar-refractivity contribution is -0.138. The second-order valence-corrected chi connectivity index (χ2v) is 4.72. The van der Waals surface area contributed by atoms with Gasteiger partial charge in [-0.25, -0.2) is 13.2 Å². The normalized spacial score (nSPS) is 22.5. The third-order valence-corrected chi connectivity index (χ3v) is 3.48. The molecule has 0 unspecified atom stereocenters. The number of hydrogen-bond acceptors (Lipinski definition) is 4. The van der Waals surface area contributed by atoms with Crippen molar-refractivity contribution in [2.75, 3.05) is 5.32 Å². The molecule has 1 atom stereocenters. The van der Waals surface area contributed by atoms with Crippen molar-refractivity contribution in [1.82, 2.24) is 4.72 Å². The molecule has 1 aliphatic heterocycles. The molecule has 2 rings (SSSR count). The number of carboxylic acids is 1. The highest BCUT2D eigenvalue weighted by molar-refractivity contribution is 7.89. The van der Waals surface area contributed by atoms with Crippen molar-refractivity contribution in [2.24, 2.45) is 0 Å². The van der Waals surface area contributed by atoms with Crippen LogP contribution in [0.3, 0.4) is 0 Å². The molecular formula is C8H8N2O4S. The van der Waals surface area contributed by atoms with Crippen LogP contribution in [0.15, 0.2) is 29.2 Å². The minimum Gasteiger partial charge on any atom is -0.479 e. The molecule has 0 bridgehead atoms. The average molecular weight is 228 g/mol. The van der Waals surface area contributed by atoms with Gasteiger partial charge in [0.15, 0.2) is 6.17 Å². The van der Waals surface area contributed by atoms with Crippen LogP contribution in [-0.2, 0) is 14.8 Å². The van der Waals surface area contributed by atoms with Crippen molar-refractivity contribution in [3.63, 3.8) is 0 Å². The number of sulfonamides is 1. The van der Waals surface area contributed by atoms with Crippen molar-refractivity contribution in [2.45, 2.75) is 11.1 Å². The van der Waals surface area contributed by atoms with Gasteiger partial charge >= 0.3 is 5.97 Å². The summed E-state index contributed by atoms with van der Waals surface area (Å²) in [5.74, 6) is -1.27. The monoisotopic (exact) mass is 228 g/mol. The number of fused-ring (bicyclic) bond motifs is 1. The van der Waals surface area contributed by atoms with Crippen molar-refractivity contribution in [3.8, 4) is 0 Å².